The normalized spacial score (nSPS) is 12.4. The quantitative estimate of drug-likeness (QED) is 0.405. The van der Waals surface area contributed by atoms with Crippen molar-refractivity contribution in [1.82, 2.24) is 0 Å². The summed E-state index contributed by atoms with van der Waals surface area (Å²) in [4.78, 5) is 10.7. The van der Waals surface area contributed by atoms with Gasteiger partial charge in [-0.05, 0) is 17.7 Å². The lowest BCUT2D eigenvalue weighted by Gasteiger charge is -2.10. The molecule has 1 unspecified atom stereocenters. The number of carboxylic acids is 1. The van der Waals surface area contributed by atoms with Gasteiger partial charge in [-0.1, -0.05) is 6.07 Å². The molecule has 0 saturated carbocycles. The third kappa shape index (κ3) is 1.94. The first-order valence-electron chi connectivity index (χ1n) is 4.07. The minimum atomic E-state index is -1.00. The second-order valence-electron chi connectivity index (χ2n) is 2.94. The summed E-state index contributed by atoms with van der Waals surface area (Å²) < 4.78 is 0. The van der Waals surface area contributed by atoms with E-state index in [0.29, 0.717) is 5.56 Å². The van der Waals surface area contributed by atoms with E-state index in [1.165, 1.54) is 18.2 Å². The molecule has 1 rings (SSSR count). The van der Waals surface area contributed by atoms with Crippen molar-refractivity contribution >= 4 is 11.7 Å². The molecule has 0 bridgehead atoms. The van der Waals surface area contributed by atoms with E-state index in [2.05, 4.69) is 0 Å². The Balaban J connectivity index is 3.06. The standard InChI is InChI=1S/C9H12N2O3/c10-4-6(9(13)14)5-1-2-8(12)7(11)3-5/h1-3,6,12H,4,10-11H2,(H,13,14). The van der Waals surface area contributed by atoms with Crippen molar-refractivity contribution in [3.63, 3.8) is 0 Å². The first-order chi connectivity index (χ1) is 6.56. The maximum absolute atomic E-state index is 10.7. The lowest BCUT2D eigenvalue weighted by Crippen LogP contribution is -2.21. The molecule has 0 aliphatic carbocycles. The lowest BCUT2D eigenvalue weighted by molar-refractivity contribution is -0.138. The zero-order valence-electron chi connectivity index (χ0n) is 7.47. The molecule has 1 aromatic carbocycles. The van der Waals surface area contributed by atoms with Crippen molar-refractivity contribution in [2.45, 2.75) is 5.92 Å². The predicted molar refractivity (Wildman–Crippen MR) is 52.0 cm³/mol. The lowest BCUT2D eigenvalue weighted by atomic mass is 9.99. The number of nitrogen functional groups attached to an aromatic ring is 1. The molecule has 0 aromatic heterocycles. The number of aromatic hydroxyl groups is 1. The summed E-state index contributed by atoms with van der Waals surface area (Å²) in [6.45, 7) is -0.000448. The molecule has 76 valence electrons. The van der Waals surface area contributed by atoms with Crippen LogP contribution in [0.5, 0.6) is 5.75 Å². The van der Waals surface area contributed by atoms with Crippen molar-refractivity contribution in [2.75, 3.05) is 12.3 Å². The summed E-state index contributed by atoms with van der Waals surface area (Å²) in [7, 11) is 0. The van der Waals surface area contributed by atoms with Gasteiger partial charge >= 0.3 is 5.97 Å². The average Bonchev–Trinajstić information content (AvgIpc) is 2.11. The number of rotatable bonds is 3. The third-order valence-electron chi connectivity index (χ3n) is 1.99. The van der Waals surface area contributed by atoms with Crippen molar-refractivity contribution in [3.8, 4) is 5.75 Å². The van der Waals surface area contributed by atoms with Crippen LogP contribution < -0.4 is 11.5 Å². The number of hydrogen-bond acceptors (Lipinski definition) is 4. The van der Waals surface area contributed by atoms with Gasteiger partial charge in [0.25, 0.3) is 0 Å². The van der Waals surface area contributed by atoms with E-state index >= 15 is 0 Å². The fraction of sp³-hybridized carbons (Fsp3) is 0.222. The van der Waals surface area contributed by atoms with Crippen LogP contribution in [-0.2, 0) is 4.79 Å². The Labute approximate surface area is 81.0 Å². The van der Waals surface area contributed by atoms with Gasteiger partial charge in [0.2, 0.25) is 0 Å². The second-order valence-corrected chi connectivity index (χ2v) is 2.94. The van der Waals surface area contributed by atoms with Gasteiger partial charge in [0.1, 0.15) is 5.75 Å². The Hall–Kier alpha value is -1.75. The van der Waals surface area contributed by atoms with Crippen LogP contribution in [0.3, 0.4) is 0 Å². The van der Waals surface area contributed by atoms with Gasteiger partial charge < -0.3 is 21.7 Å². The first-order valence-corrected chi connectivity index (χ1v) is 4.07. The Bertz CT molecular complexity index is 352. The number of benzene rings is 1. The summed E-state index contributed by atoms with van der Waals surface area (Å²) in [5.74, 6) is -1.84. The maximum atomic E-state index is 10.7. The molecule has 6 N–H and O–H groups in total. The van der Waals surface area contributed by atoms with E-state index in [9.17, 15) is 4.79 Å². The highest BCUT2D eigenvalue weighted by atomic mass is 16.4. The number of hydrogen-bond donors (Lipinski definition) is 4. The Morgan fingerprint density at radius 1 is 1.50 bits per heavy atom. The number of phenols is 1. The van der Waals surface area contributed by atoms with E-state index in [1.54, 1.807) is 0 Å². The Morgan fingerprint density at radius 3 is 2.57 bits per heavy atom. The van der Waals surface area contributed by atoms with Crippen molar-refractivity contribution in [1.29, 1.82) is 0 Å². The molecular weight excluding hydrogens is 184 g/mol. The predicted octanol–water partition coefficient (Wildman–Crippen LogP) is 0.101. The van der Waals surface area contributed by atoms with Gasteiger partial charge in [0.05, 0.1) is 11.6 Å². The van der Waals surface area contributed by atoms with Crippen LogP contribution in [0.2, 0.25) is 0 Å². The van der Waals surface area contributed by atoms with Gasteiger partial charge in [-0.2, -0.15) is 0 Å². The van der Waals surface area contributed by atoms with E-state index in [0.717, 1.165) is 0 Å². The van der Waals surface area contributed by atoms with Crippen LogP contribution >= 0.6 is 0 Å². The third-order valence-corrected chi connectivity index (χ3v) is 1.99. The summed E-state index contributed by atoms with van der Waals surface area (Å²) in [5.41, 5.74) is 11.4. The highest BCUT2D eigenvalue weighted by Gasteiger charge is 2.18. The number of anilines is 1. The maximum Gasteiger partial charge on any atom is 0.312 e. The molecule has 0 aliphatic rings. The molecule has 5 nitrogen and oxygen atoms in total. The first kappa shape index (κ1) is 10.3. The number of phenolic OH excluding ortho intramolecular Hbond substituents is 1. The zero-order chi connectivity index (χ0) is 10.7. The molecule has 0 saturated heterocycles. The summed E-state index contributed by atoms with van der Waals surface area (Å²) in [6.07, 6.45) is 0. The van der Waals surface area contributed by atoms with Gasteiger partial charge in [0, 0.05) is 6.54 Å². The van der Waals surface area contributed by atoms with Crippen molar-refractivity contribution < 1.29 is 15.0 Å². The molecule has 14 heavy (non-hydrogen) atoms. The summed E-state index contributed by atoms with van der Waals surface area (Å²) in [5, 5.41) is 17.9. The number of nitrogens with two attached hydrogens (primary N) is 2. The van der Waals surface area contributed by atoms with Crippen LogP contribution in [0.4, 0.5) is 5.69 Å². The van der Waals surface area contributed by atoms with Gasteiger partial charge in [-0.25, -0.2) is 0 Å². The van der Waals surface area contributed by atoms with E-state index < -0.39 is 11.9 Å². The fourth-order valence-electron chi connectivity index (χ4n) is 1.17. The van der Waals surface area contributed by atoms with Gasteiger partial charge in [0.15, 0.2) is 0 Å². The molecule has 0 heterocycles. The number of carboxylic acid groups (broad SMARTS) is 1. The van der Waals surface area contributed by atoms with E-state index in [1.807, 2.05) is 0 Å². The summed E-state index contributed by atoms with van der Waals surface area (Å²) >= 11 is 0. The van der Waals surface area contributed by atoms with Crippen LogP contribution in [0.25, 0.3) is 0 Å². The number of carbonyl (C=O) groups is 1. The molecule has 0 fully saturated rings. The minimum absolute atomic E-state index is 0.000448. The van der Waals surface area contributed by atoms with Crippen LogP contribution in [0, 0.1) is 0 Å². The molecular formula is C9H12N2O3. The smallest absolute Gasteiger partial charge is 0.312 e. The van der Waals surface area contributed by atoms with Crippen LogP contribution in [0.1, 0.15) is 11.5 Å². The van der Waals surface area contributed by atoms with Crippen LogP contribution in [0.15, 0.2) is 18.2 Å². The largest absolute Gasteiger partial charge is 0.506 e. The fourth-order valence-corrected chi connectivity index (χ4v) is 1.17. The van der Waals surface area contributed by atoms with Crippen molar-refractivity contribution in [2.24, 2.45) is 5.73 Å². The zero-order valence-corrected chi connectivity index (χ0v) is 7.47. The number of aliphatic carboxylic acids is 1. The summed E-state index contributed by atoms with van der Waals surface area (Å²) in [6, 6.07) is 4.27. The Kier molecular flexibility index (Phi) is 2.93. The molecule has 0 radical (unpaired) electrons. The monoisotopic (exact) mass is 196 g/mol. The minimum Gasteiger partial charge on any atom is -0.506 e. The highest BCUT2D eigenvalue weighted by Crippen LogP contribution is 2.24. The van der Waals surface area contributed by atoms with Crippen molar-refractivity contribution in [3.05, 3.63) is 23.8 Å². The molecule has 1 atom stereocenters. The van der Waals surface area contributed by atoms with Gasteiger partial charge in [-0.15, -0.1) is 0 Å². The Morgan fingerprint density at radius 2 is 2.14 bits per heavy atom. The average molecular weight is 196 g/mol. The molecule has 5 heteroatoms. The second kappa shape index (κ2) is 3.97. The molecule has 0 amide bonds. The molecule has 0 aliphatic heterocycles. The topological polar surface area (TPSA) is 110 Å². The SMILES string of the molecule is NCC(C(=O)O)c1ccc(O)c(N)c1. The van der Waals surface area contributed by atoms with Gasteiger partial charge in [-0.3, -0.25) is 4.79 Å². The molecule has 0 spiro atoms. The van der Waals surface area contributed by atoms with E-state index in [4.69, 9.17) is 21.7 Å². The molecule has 1 aromatic rings. The highest BCUT2D eigenvalue weighted by molar-refractivity contribution is 5.77. The van der Waals surface area contributed by atoms with Crippen LogP contribution in [-0.4, -0.2) is 22.7 Å². The van der Waals surface area contributed by atoms with E-state index in [-0.39, 0.29) is 18.0 Å².